The summed E-state index contributed by atoms with van der Waals surface area (Å²) in [4.78, 5) is 0. The van der Waals surface area contributed by atoms with Crippen molar-refractivity contribution in [3.63, 3.8) is 0 Å². The molecule has 0 saturated heterocycles. The maximum Gasteiger partial charge on any atom is 0.119 e. The van der Waals surface area contributed by atoms with Crippen molar-refractivity contribution >= 4 is 12.4 Å². The molecule has 0 aromatic heterocycles. The van der Waals surface area contributed by atoms with Crippen molar-refractivity contribution in [1.29, 1.82) is 0 Å². The average molecular weight is 191 g/mol. The average Bonchev–Trinajstić information content (AvgIpc) is 2.02. The van der Waals surface area contributed by atoms with Crippen molar-refractivity contribution in [3.8, 4) is 5.75 Å². The summed E-state index contributed by atoms with van der Waals surface area (Å²) in [6, 6.07) is 6.96. The quantitative estimate of drug-likeness (QED) is 0.786. The summed E-state index contributed by atoms with van der Waals surface area (Å²) in [7, 11) is -2.39. The molecule has 0 heterocycles. The zero-order valence-corrected chi connectivity index (χ0v) is 7.43. The largest absolute Gasteiger partial charge is 0.497 e. The van der Waals surface area contributed by atoms with E-state index in [1.54, 1.807) is 18.2 Å². The van der Waals surface area contributed by atoms with Crippen molar-refractivity contribution in [2.45, 2.75) is 6.42 Å². The number of benzene rings is 1. The van der Waals surface area contributed by atoms with Crippen LogP contribution in [0.2, 0.25) is 0 Å². The highest BCUT2D eigenvalue weighted by molar-refractivity contribution is 5.85. The lowest BCUT2D eigenvalue weighted by atomic mass is 10.1. The molecule has 0 aliphatic rings. The monoisotopic (exact) mass is 190 g/mol. The number of nitrogens with two attached hydrogens (primary N) is 1. The summed E-state index contributed by atoms with van der Waals surface area (Å²) >= 11 is 0. The van der Waals surface area contributed by atoms with Crippen molar-refractivity contribution in [1.82, 2.24) is 0 Å². The molecule has 0 atom stereocenters. The highest BCUT2D eigenvalue weighted by Crippen LogP contribution is 2.12. The molecule has 0 saturated carbocycles. The Morgan fingerprint density at radius 3 is 3.08 bits per heavy atom. The van der Waals surface area contributed by atoms with Crippen LogP contribution in [0.3, 0.4) is 0 Å². The van der Waals surface area contributed by atoms with Gasteiger partial charge in [0.25, 0.3) is 0 Å². The Balaban J connectivity index is 0.00000196. The molecule has 0 amide bonds. The molecule has 0 bridgehead atoms. The van der Waals surface area contributed by atoms with Gasteiger partial charge in [-0.05, 0) is 30.7 Å². The van der Waals surface area contributed by atoms with Crippen LogP contribution in [0.15, 0.2) is 24.3 Å². The van der Waals surface area contributed by atoms with E-state index in [0.29, 0.717) is 12.3 Å². The van der Waals surface area contributed by atoms with Gasteiger partial charge in [0.1, 0.15) is 5.75 Å². The summed E-state index contributed by atoms with van der Waals surface area (Å²) in [5.74, 6) is 0.357. The maximum atomic E-state index is 6.93. The summed E-state index contributed by atoms with van der Waals surface area (Å²) in [6.07, 6.45) is 0.720. The van der Waals surface area contributed by atoms with Gasteiger partial charge in [-0.1, -0.05) is 12.1 Å². The number of rotatable bonds is 3. The second-order valence-electron chi connectivity index (χ2n) is 2.29. The zero-order valence-electron chi connectivity index (χ0n) is 9.62. The Kier molecular flexibility index (Phi) is 3.30. The van der Waals surface area contributed by atoms with Crippen LogP contribution in [0.1, 0.15) is 9.68 Å². The van der Waals surface area contributed by atoms with E-state index in [4.69, 9.17) is 14.6 Å². The van der Waals surface area contributed by atoms with Crippen molar-refractivity contribution in [3.05, 3.63) is 29.8 Å². The molecule has 0 radical (unpaired) electrons. The summed E-state index contributed by atoms with van der Waals surface area (Å²) < 4.78 is 25.5. The van der Waals surface area contributed by atoms with E-state index in [0.717, 1.165) is 12.0 Å². The highest BCUT2D eigenvalue weighted by atomic mass is 35.5. The molecule has 0 unspecified atom stereocenters. The van der Waals surface area contributed by atoms with Gasteiger partial charge in [-0.15, -0.1) is 12.4 Å². The first-order valence-corrected chi connectivity index (χ1v) is 3.49. The molecule has 0 spiro atoms. The van der Waals surface area contributed by atoms with E-state index in [2.05, 4.69) is 0 Å². The van der Waals surface area contributed by atoms with Crippen LogP contribution >= 0.6 is 12.4 Å². The topological polar surface area (TPSA) is 35.2 Å². The van der Waals surface area contributed by atoms with Crippen LogP contribution in [0.25, 0.3) is 0 Å². The summed E-state index contributed by atoms with van der Waals surface area (Å²) in [6.45, 7) is 0.539. The lowest BCUT2D eigenvalue weighted by molar-refractivity contribution is 0.414. The van der Waals surface area contributed by atoms with Gasteiger partial charge in [-0.25, -0.2) is 0 Å². The Morgan fingerprint density at radius 2 is 2.42 bits per heavy atom. The molecular formula is C9H14ClNO. The molecule has 2 N–H and O–H groups in total. The molecule has 68 valence electrons. The molecular weight excluding hydrogens is 174 g/mol. The van der Waals surface area contributed by atoms with Gasteiger partial charge in [-0.2, -0.15) is 0 Å². The number of ether oxygens (including phenoxy) is 1. The lowest BCUT2D eigenvalue weighted by Gasteiger charge is -2.01. The Labute approximate surface area is 83.3 Å². The Morgan fingerprint density at radius 1 is 1.58 bits per heavy atom. The van der Waals surface area contributed by atoms with Crippen LogP contribution in [0, 0.1) is 0 Å². The first-order valence-electron chi connectivity index (χ1n) is 4.99. The first-order chi connectivity index (χ1) is 6.51. The Hall–Kier alpha value is -0.730. The fourth-order valence-electron chi connectivity index (χ4n) is 0.931. The van der Waals surface area contributed by atoms with Gasteiger partial charge in [0, 0.05) is 0 Å². The number of hydrogen-bond donors (Lipinski definition) is 1. The summed E-state index contributed by atoms with van der Waals surface area (Å²) in [5.41, 5.74) is 6.37. The van der Waals surface area contributed by atoms with Gasteiger partial charge in [-0.3, -0.25) is 0 Å². The molecule has 0 aliphatic heterocycles. The van der Waals surface area contributed by atoms with Crippen LogP contribution < -0.4 is 10.5 Å². The zero-order chi connectivity index (χ0) is 10.6. The van der Waals surface area contributed by atoms with Crippen molar-refractivity contribution in [2.24, 2.45) is 5.73 Å². The van der Waals surface area contributed by atoms with E-state index in [1.165, 1.54) is 0 Å². The standard InChI is InChI=1S/C9H13NO.ClH/c1-11-9-4-2-3-8(7-9)5-6-10;/h2-4,7H,5-6,10H2,1H3;1H/i1D3;. The second-order valence-corrected chi connectivity index (χ2v) is 2.29. The molecule has 0 aliphatic carbocycles. The predicted octanol–water partition coefficient (Wildman–Crippen LogP) is 1.62. The molecule has 1 aromatic rings. The van der Waals surface area contributed by atoms with Gasteiger partial charge < -0.3 is 10.5 Å². The number of halogens is 1. The van der Waals surface area contributed by atoms with E-state index < -0.39 is 7.04 Å². The third-order valence-electron chi connectivity index (χ3n) is 1.45. The van der Waals surface area contributed by atoms with Crippen LogP contribution in [-0.4, -0.2) is 13.6 Å². The minimum atomic E-state index is -2.39. The summed E-state index contributed by atoms with van der Waals surface area (Å²) in [5, 5.41) is 0. The predicted molar refractivity (Wildman–Crippen MR) is 53.0 cm³/mol. The normalized spacial score (nSPS) is 13.6. The highest BCUT2D eigenvalue weighted by Gasteiger charge is 1.92. The molecule has 1 aromatic carbocycles. The fraction of sp³-hybridized carbons (Fsp3) is 0.333. The van der Waals surface area contributed by atoms with E-state index in [9.17, 15) is 0 Å². The van der Waals surface area contributed by atoms with Gasteiger partial charge in [0.15, 0.2) is 0 Å². The van der Waals surface area contributed by atoms with Gasteiger partial charge >= 0.3 is 0 Å². The van der Waals surface area contributed by atoms with Crippen molar-refractivity contribution in [2.75, 3.05) is 13.6 Å². The first kappa shape index (κ1) is 6.75. The minimum Gasteiger partial charge on any atom is -0.497 e. The lowest BCUT2D eigenvalue weighted by Crippen LogP contribution is -2.02. The Bertz CT molecular complexity index is 304. The molecule has 12 heavy (non-hydrogen) atoms. The minimum absolute atomic E-state index is 0. The third-order valence-corrected chi connectivity index (χ3v) is 1.45. The van der Waals surface area contributed by atoms with Gasteiger partial charge in [0.2, 0.25) is 0 Å². The van der Waals surface area contributed by atoms with Gasteiger partial charge in [0.05, 0.1) is 11.2 Å². The molecule has 1 rings (SSSR count). The fourth-order valence-corrected chi connectivity index (χ4v) is 0.931. The van der Waals surface area contributed by atoms with Crippen LogP contribution in [0.4, 0.5) is 0 Å². The number of hydrogen-bond acceptors (Lipinski definition) is 2. The van der Waals surface area contributed by atoms with Crippen LogP contribution in [0.5, 0.6) is 5.75 Å². The molecule has 2 nitrogen and oxygen atoms in total. The second kappa shape index (κ2) is 5.86. The number of methoxy groups -OCH3 is 1. The molecule has 0 fully saturated rings. The van der Waals surface area contributed by atoms with Crippen LogP contribution in [-0.2, 0) is 6.42 Å². The maximum absolute atomic E-state index is 6.93. The van der Waals surface area contributed by atoms with Crippen molar-refractivity contribution < 1.29 is 8.85 Å². The van der Waals surface area contributed by atoms with E-state index in [-0.39, 0.29) is 12.4 Å². The smallest absolute Gasteiger partial charge is 0.119 e. The third kappa shape index (κ3) is 3.11. The SMILES string of the molecule is Cl.[2H]C([2H])([2H])Oc1cccc(CCN)c1. The van der Waals surface area contributed by atoms with E-state index >= 15 is 0 Å². The molecule has 3 heteroatoms. The van der Waals surface area contributed by atoms with E-state index in [1.807, 2.05) is 6.07 Å².